The van der Waals surface area contributed by atoms with E-state index in [0.717, 1.165) is 6.54 Å². The number of ether oxygens (including phenoxy) is 1. The average molecular weight is 233 g/mol. The van der Waals surface area contributed by atoms with Gasteiger partial charge in [-0.25, -0.2) is 9.18 Å². The maximum absolute atomic E-state index is 13.8. The van der Waals surface area contributed by atoms with Gasteiger partial charge in [0.1, 0.15) is 5.60 Å². The smallest absolute Gasteiger partial charge is 0.343 e. The van der Waals surface area contributed by atoms with E-state index in [1.54, 1.807) is 6.92 Å². The highest BCUT2D eigenvalue weighted by atomic mass is 19.1. The number of alkyl halides is 1. The average Bonchev–Trinajstić information content (AvgIpc) is 2.41. The van der Waals surface area contributed by atoms with Crippen LogP contribution >= 0.6 is 0 Å². The van der Waals surface area contributed by atoms with Crippen LogP contribution in [0.1, 0.15) is 26.2 Å². The van der Waals surface area contributed by atoms with E-state index in [-0.39, 0.29) is 13.0 Å². The van der Waals surface area contributed by atoms with E-state index in [4.69, 9.17) is 0 Å². The maximum Gasteiger partial charge on any atom is 0.343 e. The summed E-state index contributed by atoms with van der Waals surface area (Å²) in [6.45, 7) is 3.17. The van der Waals surface area contributed by atoms with E-state index >= 15 is 0 Å². The lowest BCUT2D eigenvalue weighted by Crippen LogP contribution is -2.45. The zero-order chi connectivity index (χ0) is 12.2. The number of rotatable bonds is 3. The van der Waals surface area contributed by atoms with Crippen molar-refractivity contribution in [1.82, 2.24) is 4.90 Å². The summed E-state index contributed by atoms with van der Waals surface area (Å²) in [6, 6.07) is 0. The molecule has 1 heterocycles. The minimum atomic E-state index is -1.93. The largest absolute Gasteiger partial charge is 0.464 e. The Hall–Kier alpha value is -0.680. The molecule has 2 unspecified atom stereocenters. The highest BCUT2D eigenvalue weighted by molar-refractivity contribution is 5.76. The lowest BCUT2D eigenvalue weighted by molar-refractivity contribution is -0.161. The molecule has 1 saturated heterocycles. The molecule has 0 radical (unpaired) electrons. The predicted octanol–water partition coefficient (Wildman–Crippen LogP) is 0.734. The summed E-state index contributed by atoms with van der Waals surface area (Å²) in [5.41, 5.74) is -1.56. The fraction of sp³-hybridized carbons (Fsp3) is 0.909. The summed E-state index contributed by atoms with van der Waals surface area (Å²) in [7, 11) is 1.92. The molecule has 0 aromatic rings. The van der Waals surface area contributed by atoms with Crippen molar-refractivity contribution in [2.24, 2.45) is 0 Å². The van der Waals surface area contributed by atoms with E-state index in [9.17, 15) is 14.3 Å². The second-order valence-corrected chi connectivity index (χ2v) is 4.38. The Morgan fingerprint density at radius 2 is 2.25 bits per heavy atom. The summed E-state index contributed by atoms with van der Waals surface area (Å²) in [5.74, 6) is -0.949. The van der Waals surface area contributed by atoms with E-state index in [1.165, 1.54) is 0 Å². The Labute approximate surface area is 95.4 Å². The number of nitrogens with zero attached hydrogens (tertiary/aromatic N) is 1. The number of hydrogen-bond acceptors (Lipinski definition) is 4. The van der Waals surface area contributed by atoms with Gasteiger partial charge in [0.15, 0.2) is 0 Å². The van der Waals surface area contributed by atoms with Crippen LogP contribution in [0.3, 0.4) is 0 Å². The number of carbonyl (C=O) groups is 1. The van der Waals surface area contributed by atoms with Crippen LogP contribution in [0.5, 0.6) is 0 Å². The third kappa shape index (κ3) is 3.15. The van der Waals surface area contributed by atoms with Crippen molar-refractivity contribution in [3.63, 3.8) is 0 Å². The van der Waals surface area contributed by atoms with Gasteiger partial charge in [0.25, 0.3) is 0 Å². The molecule has 5 heteroatoms. The second-order valence-electron chi connectivity index (χ2n) is 4.38. The van der Waals surface area contributed by atoms with Crippen molar-refractivity contribution < 1.29 is 19.0 Å². The summed E-state index contributed by atoms with van der Waals surface area (Å²) >= 11 is 0. The Morgan fingerprint density at radius 1 is 1.56 bits per heavy atom. The van der Waals surface area contributed by atoms with Crippen molar-refractivity contribution in [3.8, 4) is 0 Å². The monoisotopic (exact) mass is 233 g/mol. The number of halogens is 1. The number of esters is 1. The molecule has 1 aliphatic rings. The molecule has 2 atom stereocenters. The third-order valence-corrected chi connectivity index (χ3v) is 3.04. The molecule has 1 N–H and O–H groups in total. The van der Waals surface area contributed by atoms with Gasteiger partial charge < -0.3 is 14.7 Å². The molecule has 94 valence electrons. The van der Waals surface area contributed by atoms with Crippen molar-refractivity contribution in [2.45, 2.75) is 38.0 Å². The van der Waals surface area contributed by atoms with Crippen LogP contribution in [-0.2, 0) is 9.53 Å². The second kappa shape index (κ2) is 5.59. The predicted molar refractivity (Wildman–Crippen MR) is 57.8 cm³/mol. The van der Waals surface area contributed by atoms with Gasteiger partial charge in [-0.1, -0.05) is 0 Å². The Balaban J connectivity index is 2.64. The van der Waals surface area contributed by atoms with Crippen LogP contribution in [0.15, 0.2) is 0 Å². The van der Waals surface area contributed by atoms with Gasteiger partial charge in [-0.15, -0.1) is 0 Å². The lowest BCUT2D eigenvalue weighted by Gasteiger charge is -2.28. The first-order valence-corrected chi connectivity index (χ1v) is 5.71. The molecule has 0 aliphatic carbocycles. The molecule has 0 aromatic heterocycles. The molecular weight excluding hydrogens is 213 g/mol. The standard InChI is InChI=1S/C11H20FNO3/c1-3-16-10(14)9(12)11(15)5-4-7-13(2)8-6-11/h9,15H,3-8H2,1-2H3. The van der Waals surface area contributed by atoms with Gasteiger partial charge in [0.2, 0.25) is 6.17 Å². The van der Waals surface area contributed by atoms with E-state index in [2.05, 4.69) is 4.74 Å². The Kier molecular flexibility index (Phi) is 4.68. The summed E-state index contributed by atoms with van der Waals surface area (Å²) in [4.78, 5) is 13.3. The Morgan fingerprint density at radius 3 is 2.88 bits per heavy atom. The molecule has 0 aromatic carbocycles. The third-order valence-electron chi connectivity index (χ3n) is 3.04. The molecule has 16 heavy (non-hydrogen) atoms. The molecule has 0 spiro atoms. The van der Waals surface area contributed by atoms with Crippen LogP contribution in [0, 0.1) is 0 Å². The maximum atomic E-state index is 13.8. The van der Waals surface area contributed by atoms with Gasteiger partial charge in [-0.05, 0) is 39.8 Å². The quantitative estimate of drug-likeness (QED) is 0.730. The highest BCUT2D eigenvalue weighted by Gasteiger charge is 2.43. The van der Waals surface area contributed by atoms with E-state index in [1.807, 2.05) is 11.9 Å². The molecular formula is C11H20FNO3. The fourth-order valence-corrected chi connectivity index (χ4v) is 1.96. The highest BCUT2D eigenvalue weighted by Crippen LogP contribution is 2.28. The van der Waals surface area contributed by atoms with E-state index in [0.29, 0.717) is 19.4 Å². The minimum Gasteiger partial charge on any atom is -0.464 e. The van der Waals surface area contributed by atoms with Crippen molar-refractivity contribution in [3.05, 3.63) is 0 Å². The topological polar surface area (TPSA) is 49.8 Å². The number of hydrogen-bond donors (Lipinski definition) is 1. The molecule has 4 nitrogen and oxygen atoms in total. The van der Waals surface area contributed by atoms with Gasteiger partial charge >= 0.3 is 5.97 Å². The first kappa shape index (κ1) is 13.4. The summed E-state index contributed by atoms with van der Waals surface area (Å²) in [6.07, 6.45) is -0.674. The molecule has 1 fully saturated rings. The number of likely N-dealkylation sites (tertiary alicyclic amines) is 1. The van der Waals surface area contributed by atoms with E-state index < -0.39 is 17.7 Å². The fourth-order valence-electron chi connectivity index (χ4n) is 1.96. The lowest BCUT2D eigenvalue weighted by atomic mass is 9.89. The first-order valence-electron chi connectivity index (χ1n) is 5.71. The minimum absolute atomic E-state index is 0.134. The molecule has 0 amide bonds. The molecule has 1 aliphatic heterocycles. The van der Waals surface area contributed by atoms with Gasteiger partial charge in [-0.3, -0.25) is 0 Å². The molecule has 0 saturated carbocycles. The number of carbonyl (C=O) groups excluding carboxylic acids is 1. The number of aliphatic hydroxyl groups is 1. The van der Waals surface area contributed by atoms with Crippen LogP contribution in [0.2, 0.25) is 0 Å². The van der Waals surface area contributed by atoms with Crippen LogP contribution < -0.4 is 0 Å². The van der Waals surface area contributed by atoms with Crippen molar-refractivity contribution in [1.29, 1.82) is 0 Å². The van der Waals surface area contributed by atoms with Crippen molar-refractivity contribution in [2.75, 3.05) is 26.7 Å². The zero-order valence-electron chi connectivity index (χ0n) is 9.91. The summed E-state index contributed by atoms with van der Waals surface area (Å²) in [5, 5.41) is 10.1. The SMILES string of the molecule is CCOC(=O)C(F)C1(O)CCCN(C)CC1. The van der Waals surface area contributed by atoms with Crippen LogP contribution in [-0.4, -0.2) is 54.5 Å². The molecule has 0 bridgehead atoms. The van der Waals surface area contributed by atoms with Gasteiger partial charge in [0.05, 0.1) is 6.61 Å². The zero-order valence-corrected chi connectivity index (χ0v) is 9.91. The summed E-state index contributed by atoms with van der Waals surface area (Å²) < 4.78 is 18.4. The van der Waals surface area contributed by atoms with Crippen LogP contribution in [0.25, 0.3) is 0 Å². The Bertz CT molecular complexity index is 249. The van der Waals surface area contributed by atoms with Gasteiger partial charge in [-0.2, -0.15) is 0 Å². The molecule has 1 rings (SSSR count). The van der Waals surface area contributed by atoms with Crippen molar-refractivity contribution >= 4 is 5.97 Å². The first-order chi connectivity index (χ1) is 7.49. The van der Waals surface area contributed by atoms with Crippen LogP contribution in [0.4, 0.5) is 4.39 Å². The van der Waals surface area contributed by atoms with Gasteiger partial charge in [0, 0.05) is 6.54 Å². The normalized spacial score (nSPS) is 29.5.